The minimum atomic E-state index is -4.20. The Kier molecular flexibility index (Phi) is 9.59. The number of nitrogens with one attached hydrogen (secondary N) is 2. The lowest BCUT2D eigenvalue weighted by Gasteiger charge is -2.25. The van der Waals surface area contributed by atoms with Gasteiger partial charge in [0.2, 0.25) is 5.95 Å². The second kappa shape index (κ2) is 13.5. The standard InChI is InChI=1S/C28H36N7O7P/c1-3-39-23(36)15-22(27(37)40-4-2)34-43(38,42-21-8-6-5-7-9-21)41-16-18-10-13-20(14-18)35-17-30-24-25(31-19-11-12-19)32-28(29)33-26(24)35/h5-10,13,17-20,22H,3-4,11-12,14-16H2,1-2H3,(H,34,38)(H3,29,31,32,33)/t18-,20+,22+,43?/m1/s1. The Bertz CT molecular complexity index is 1510. The quantitative estimate of drug-likeness (QED) is 0.128. The minimum absolute atomic E-state index is 0.00268. The number of carbonyl (C=O) groups is 2. The first-order valence-corrected chi connectivity index (χ1v) is 15.8. The van der Waals surface area contributed by atoms with E-state index in [9.17, 15) is 14.2 Å². The van der Waals surface area contributed by atoms with Crippen molar-refractivity contribution >= 4 is 42.6 Å². The molecule has 2 aliphatic rings. The number of allylic oxidation sites excluding steroid dienone is 1. The number of benzene rings is 1. The van der Waals surface area contributed by atoms with Gasteiger partial charge in [0.05, 0.1) is 38.6 Å². The van der Waals surface area contributed by atoms with Crippen LogP contribution < -0.4 is 20.7 Å². The summed E-state index contributed by atoms with van der Waals surface area (Å²) in [5, 5.41) is 5.99. The van der Waals surface area contributed by atoms with E-state index in [1.165, 1.54) is 0 Å². The van der Waals surface area contributed by atoms with Crippen molar-refractivity contribution < 1.29 is 32.7 Å². The maximum absolute atomic E-state index is 14.1. The van der Waals surface area contributed by atoms with Gasteiger partial charge < -0.3 is 29.6 Å². The third kappa shape index (κ3) is 7.89. The molecule has 1 unspecified atom stereocenters. The number of esters is 2. The molecule has 0 amide bonds. The molecule has 3 aromatic rings. The summed E-state index contributed by atoms with van der Waals surface area (Å²) < 4.78 is 37.7. The zero-order valence-electron chi connectivity index (χ0n) is 24.0. The molecule has 0 saturated heterocycles. The van der Waals surface area contributed by atoms with E-state index in [1.54, 1.807) is 50.5 Å². The summed E-state index contributed by atoms with van der Waals surface area (Å²) in [6.07, 6.45) is 8.00. The first kappa shape index (κ1) is 30.5. The Labute approximate surface area is 248 Å². The van der Waals surface area contributed by atoms with Gasteiger partial charge in [-0.15, -0.1) is 0 Å². The molecule has 1 aromatic carbocycles. The molecule has 1 saturated carbocycles. The van der Waals surface area contributed by atoms with E-state index in [1.807, 2.05) is 16.7 Å². The van der Waals surface area contributed by atoms with Crippen molar-refractivity contribution in [2.75, 3.05) is 30.9 Å². The van der Waals surface area contributed by atoms with Crippen LogP contribution in [0, 0.1) is 5.92 Å². The molecular weight excluding hydrogens is 577 g/mol. The summed E-state index contributed by atoms with van der Waals surface area (Å²) in [6, 6.07) is 7.36. The molecule has 230 valence electrons. The molecule has 0 radical (unpaired) electrons. The molecule has 43 heavy (non-hydrogen) atoms. The number of anilines is 2. The molecule has 2 heterocycles. The van der Waals surface area contributed by atoms with Crippen molar-refractivity contribution in [2.24, 2.45) is 5.92 Å². The zero-order valence-corrected chi connectivity index (χ0v) is 24.9. The van der Waals surface area contributed by atoms with Gasteiger partial charge in [-0.3, -0.25) is 14.1 Å². The summed E-state index contributed by atoms with van der Waals surface area (Å²) in [4.78, 5) is 38.2. The Morgan fingerprint density at radius 1 is 1.12 bits per heavy atom. The van der Waals surface area contributed by atoms with Crippen LogP contribution in [0.5, 0.6) is 5.75 Å². The van der Waals surface area contributed by atoms with E-state index in [0.29, 0.717) is 29.4 Å². The van der Waals surface area contributed by atoms with Gasteiger partial charge in [0.25, 0.3) is 0 Å². The van der Waals surface area contributed by atoms with E-state index in [0.717, 1.165) is 12.8 Å². The number of carbonyl (C=O) groups excluding carboxylic acids is 2. The van der Waals surface area contributed by atoms with E-state index in [-0.39, 0.29) is 43.5 Å². The van der Waals surface area contributed by atoms with Gasteiger partial charge in [-0.05, 0) is 45.2 Å². The number of nitrogen functional groups attached to an aromatic ring is 1. The van der Waals surface area contributed by atoms with Crippen LogP contribution in [0.1, 0.15) is 45.6 Å². The Balaban J connectivity index is 1.30. The highest BCUT2D eigenvalue weighted by Crippen LogP contribution is 2.46. The number of ether oxygens (including phenoxy) is 2. The van der Waals surface area contributed by atoms with Crippen LogP contribution in [0.3, 0.4) is 0 Å². The largest absolute Gasteiger partial charge is 0.466 e. The molecule has 2 aromatic heterocycles. The predicted octanol–water partition coefficient (Wildman–Crippen LogP) is 3.78. The Morgan fingerprint density at radius 3 is 2.60 bits per heavy atom. The van der Waals surface area contributed by atoms with Crippen LogP contribution in [0.4, 0.5) is 11.8 Å². The minimum Gasteiger partial charge on any atom is -0.466 e. The summed E-state index contributed by atoms with van der Waals surface area (Å²) in [5.74, 6) is -0.562. The number of nitrogens with zero attached hydrogens (tertiary/aromatic N) is 4. The lowest BCUT2D eigenvalue weighted by atomic mass is 10.1. The third-order valence-corrected chi connectivity index (χ3v) is 8.42. The van der Waals surface area contributed by atoms with Gasteiger partial charge in [0, 0.05) is 12.0 Å². The third-order valence-electron chi connectivity index (χ3n) is 6.85. The highest BCUT2D eigenvalue weighted by atomic mass is 31.2. The first-order valence-electron chi connectivity index (χ1n) is 14.3. The van der Waals surface area contributed by atoms with Crippen LogP contribution in [-0.4, -0.2) is 63.4 Å². The average molecular weight is 614 g/mol. The van der Waals surface area contributed by atoms with Crippen LogP contribution in [-0.2, 0) is 28.2 Å². The van der Waals surface area contributed by atoms with Gasteiger partial charge in [0.15, 0.2) is 17.0 Å². The molecule has 0 spiro atoms. The summed E-state index contributed by atoms with van der Waals surface area (Å²) in [6.45, 7) is 3.47. The maximum Gasteiger partial charge on any atom is 0.459 e. The first-order chi connectivity index (χ1) is 20.8. The predicted molar refractivity (Wildman–Crippen MR) is 158 cm³/mol. The monoisotopic (exact) mass is 613 g/mol. The number of hydrogen-bond donors (Lipinski definition) is 3. The number of para-hydroxylation sites is 1. The van der Waals surface area contributed by atoms with Crippen molar-refractivity contribution in [3.05, 3.63) is 48.8 Å². The van der Waals surface area contributed by atoms with Crippen molar-refractivity contribution in [1.29, 1.82) is 0 Å². The topological polar surface area (TPSA) is 182 Å². The molecule has 0 aliphatic heterocycles. The maximum atomic E-state index is 14.1. The van der Waals surface area contributed by atoms with Gasteiger partial charge in [-0.2, -0.15) is 15.1 Å². The van der Waals surface area contributed by atoms with Gasteiger partial charge in [-0.25, -0.2) is 9.55 Å². The van der Waals surface area contributed by atoms with Crippen molar-refractivity contribution in [1.82, 2.24) is 24.6 Å². The molecule has 5 rings (SSSR count). The fourth-order valence-electron chi connectivity index (χ4n) is 4.69. The number of fused-ring (bicyclic) bond motifs is 1. The van der Waals surface area contributed by atoms with E-state index < -0.39 is 32.1 Å². The summed E-state index contributed by atoms with van der Waals surface area (Å²) >= 11 is 0. The molecule has 4 atom stereocenters. The number of imidazole rings is 1. The van der Waals surface area contributed by atoms with Crippen LogP contribution in [0.2, 0.25) is 0 Å². The van der Waals surface area contributed by atoms with E-state index in [2.05, 4.69) is 25.4 Å². The fourth-order valence-corrected chi connectivity index (χ4v) is 6.23. The molecule has 1 fully saturated rings. The van der Waals surface area contributed by atoms with Crippen LogP contribution in [0.25, 0.3) is 11.2 Å². The Hall–Kier alpha value is -4.00. The van der Waals surface area contributed by atoms with Gasteiger partial charge in [-0.1, -0.05) is 30.4 Å². The van der Waals surface area contributed by atoms with Gasteiger partial charge in [0.1, 0.15) is 11.8 Å². The van der Waals surface area contributed by atoms with Crippen molar-refractivity contribution in [3.8, 4) is 5.75 Å². The second-order valence-corrected chi connectivity index (χ2v) is 12.0. The smallest absolute Gasteiger partial charge is 0.459 e. The summed E-state index contributed by atoms with van der Waals surface area (Å²) in [5.41, 5.74) is 7.26. The van der Waals surface area contributed by atoms with Crippen LogP contribution >= 0.6 is 7.75 Å². The van der Waals surface area contributed by atoms with E-state index in [4.69, 9.17) is 24.3 Å². The molecule has 2 aliphatic carbocycles. The lowest BCUT2D eigenvalue weighted by Crippen LogP contribution is -2.40. The second-order valence-electron chi connectivity index (χ2n) is 10.3. The molecule has 4 N–H and O–H groups in total. The number of nitrogens with two attached hydrogens (primary N) is 1. The average Bonchev–Trinajstić information content (AvgIpc) is 3.49. The number of aromatic nitrogens is 4. The molecular formula is C28H36N7O7P. The van der Waals surface area contributed by atoms with Crippen LogP contribution in [0.15, 0.2) is 48.8 Å². The number of rotatable bonds is 15. The van der Waals surface area contributed by atoms with Crippen molar-refractivity contribution in [3.63, 3.8) is 0 Å². The lowest BCUT2D eigenvalue weighted by molar-refractivity contribution is -0.151. The SMILES string of the molecule is CCOC(=O)C[C@H](NP(=O)(OC[C@@H]1C=C[C@H](n2cnc3c(NC4CC4)nc(N)nc32)C1)Oc1ccccc1)C(=O)OCC. The highest BCUT2D eigenvalue weighted by Gasteiger charge is 2.37. The molecule has 0 bridgehead atoms. The summed E-state index contributed by atoms with van der Waals surface area (Å²) in [7, 11) is -4.20. The normalized spacial score (nSPS) is 20.0. The highest BCUT2D eigenvalue weighted by molar-refractivity contribution is 7.52. The molecule has 14 nitrogen and oxygen atoms in total. The van der Waals surface area contributed by atoms with E-state index >= 15 is 0 Å². The molecule has 15 heteroatoms. The number of hydrogen-bond acceptors (Lipinski definition) is 12. The van der Waals surface area contributed by atoms with Gasteiger partial charge >= 0.3 is 19.7 Å². The van der Waals surface area contributed by atoms with Crippen molar-refractivity contribution in [2.45, 2.75) is 57.7 Å². The fraction of sp³-hybridized carbons (Fsp3) is 0.464. The Morgan fingerprint density at radius 2 is 1.88 bits per heavy atom. The zero-order chi connectivity index (χ0) is 30.4.